The summed E-state index contributed by atoms with van der Waals surface area (Å²) in [6.07, 6.45) is -2.70. The van der Waals surface area contributed by atoms with E-state index in [0.29, 0.717) is 48.0 Å². The van der Waals surface area contributed by atoms with Crippen molar-refractivity contribution in [2.75, 3.05) is 18.5 Å². The van der Waals surface area contributed by atoms with E-state index >= 15 is 0 Å². The predicted octanol–water partition coefficient (Wildman–Crippen LogP) is 6.88. The Balaban J connectivity index is 1.64. The molecule has 0 fully saturated rings. The third-order valence-corrected chi connectivity index (χ3v) is 4.76. The first-order valence-electron chi connectivity index (χ1n) is 9.37. The van der Waals surface area contributed by atoms with Crippen LogP contribution >= 0.6 is 11.6 Å². The average molecular weight is 438 g/mol. The zero-order chi connectivity index (χ0) is 21.7. The third kappa shape index (κ3) is 4.79. The minimum Gasteiger partial charge on any atom is -0.493 e. The van der Waals surface area contributed by atoms with Gasteiger partial charge in [0, 0.05) is 12.1 Å². The first-order valence-corrected chi connectivity index (χ1v) is 9.75. The highest BCUT2D eigenvalue weighted by Gasteiger charge is 2.37. The number of hydrogen-bond donors (Lipinski definition) is 1. The van der Waals surface area contributed by atoms with Crippen molar-refractivity contribution in [3.8, 4) is 5.75 Å². The Bertz CT molecular complexity index is 1070. The van der Waals surface area contributed by atoms with Crippen LogP contribution in [0.15, 0.2) is 34.9 Å². The summed E-state index contributed by atoms with van der Waals surface area (Å²) in [6.45, 7) is 9.83. The number of halogens is 4. The highest BCUT2D eigenvalue weighted by molar-refractivity contribution is 6.33. The lowest BCUT2D eigenvalue weighted by molar-refractivity contribution is -0.141. The van der Waals surface area contributed by atoms with Crippen LogP contribution in [0.3, 0.4) is 0 Å². The molecule has 0 aliphatic carbocycles. The largest absolute Gasteiger partial charge is 0.493 e. The Morgan fingerprint density at radius 3 is 2.73 bits per heavy atom. The molecule has 0 spiro atoms. The number of rotatable bonds is 8. The van der Waals surface area contributed by atoms with E-state index < -0.39 is 11.9 Å². The number of nitrogens with one attached hydrogen (secondary N) is 1. The molecule has 1 aromatic heterocycles. The van der Waals surface area contributed by atoms with E-state index in [1.54, 1.807) is 18.2 Å². The highest BCUT2D eigenvalue weighted by atomic mass is 35.5. The van der Waals surface area contributed by atoms with Crippen LogP contribution in [0, 0.1) is 6.57 Å². The summed E-state index contributed by atoms with van der Waals surface area (Å²) in [5.41, 5.74) is 0.870. The second-order valence-electron chi connectivity index (χ2n) is 6.60. The van der Waals surface area contributed by atoms with Gasteiger partial charge in [0.25, 0.3) is 0 Å². The van der Waals surface area contributed by atoms with Crippen molar-refractivity contribution < 1.29 is 22.4 Å². The molecule has 0 aliphatic rings. The van der Waals surface area contributed by atoms with Gasteiger partial charge in [0.15, 0.2) is 17.0 Å². The monoisotopic (exact) mass is 437 g/mol. The van der Waals surface area contributed by atoms with Crippen molar-refractivity contribution in [3.05, 3.63) is 58.0 Å². The number of aromatic nitrogens is 1. The molecule has 0 aliphatic heterocycles. The maximum Gasteiger partial charge on any atom is 0.437 e. The number of hydrogen-bond acceptors (Lipinski definition) is 4. The summed E-state index contributed by atoms with van der Waals surface area (Å²) in [5, 5.41) is 6.80. The smallest absolute Gasteiger partial charge is 0.437 e. The lowest BCUT2D eigenvalue weighted by Gasteiger charge is -2.13. The SMILES string of the molecule is [C-]#[N+]c1ccc(NCCCOc2ccc3c(C(F)(F)F)noc3c2CCC)c(Cl)c1. The molecule has 0 bridgehead atoms. The summed E-state index contributed by atoms with van der Waals surface area (Å²) >= 11 is 6.13. The summed E-state index contributed by atoms with van der Waals surface area (Å²) in [4.78, 5) is 3.32. The first kappa shape index (κ1) is 21.8. The molecular formula is C21H19ClF3N3O2. The van der Waals surface area contributed by atoms with Crippen molar-refractivity contribution in [2.45, 2.75) is 32.4 Å². The molecule has 0 saturated carbocycles. The van der Waals surface area contributed by atoms with E-state index in [0.717, 1.165) is 12.1 Å². The quantitative estimate of drug-likeness (QED) is 0.308. The van der Waals surface area contributed by atoms with Gasteiger partial charge in [-0.3, -0.25) is 0 Å². The Morgan fingerprint density at radius 2 is 2.07 bits per heavy atom. The Hall–Kier alpha value is -2.92. The second-order valence-corrected chi connectivity index (χ2v) is 7.01. The average Bonchev–Trinajstić information content (AvgIpc) is 3.15. The van der Waals surface area contributed by atoms with Gasteiger partial charge < -0.3 is 14.6 Å². The van der Waals surface area contributed by atoms with Gasteiger partial charge in [-0.15, -0.1) is 0 Å². The molecule has 0 unspecified atom stereocenters. The molecule has 158 valence electrons. The molecule has 1 N–H and O–H groups in total. The van der Waals surface area contributed by atoms with Crippen LogP contribution in [0.25, 0.3) is 15.8 Å². The minimum absolute atomic E-state index is 0.0579. The van der Waals surface area contributed by atoms with Gasteiger partial charge in [0.1, 0.15) is 5.75 Å². The zero-order valence-electron chi connectivity index (χ0n) is 16.1. The molecular weight excluding hydrogens is 419 g/mol. The van der Waals surface area contributed by atoms with Gasteiger partial charge in [-0.05, 0) is 37.1 Å². The van der Waals surface area contributed by atoms with E-state index in [2.05, 4.69) is 15.3 Å². The molecule has 3 aromatic rings. The summed E-state index contributed by atoms with van der Waals surface area (Å²) < 4.78 is 50.1. The fraction of sp³-hybridized carbons (Fsp3) is 0.333. The van der Waals surface area contributed by atoms with Crippen molar-refractivity contribution in [3.63, 3.8) is 0 Å². The summed E-state index contributed by atoms with van der Waals surface area (Å²) in [7, 11) is 0. The molecule has 0 radical (unpaired) electrons. The van der Waals surface area contributed by atoms with Gasteiger partial charge in [-0.2, -0.15) is 13.2 Å². The molecule has 1 heterocycles. The summed E-state index contributed by atoms with van der Waals surface area (Å²) in [6, 6.07) is 7.88. The van der Waals surface area contributed by atoms with Crippen LogP contribution < -0.4 is 10.1 Å². The van der Waals surface area contributed by atoms with E-state index in [-0.39, 0.29) is 11.0 Å². The van der Waals surface area contributed by atoms with Crippen LogP contribution in [0.1, 0.15) is 31.0 Å². The Labute approximate surface area is 176 Å². The van der Waals surface area contributed by atoms with Crippen LogP contribution in [-0.2, 0) is 12.6 Å². The normalized spacial score (nSPS) is 11.5. The molecule has 0 atom stereocenters. The number of nitrogens with zero attached hydrogens (tertiary/aromatic N) is 2. The van der Waals surface area contributed by atoms with Crippen LogP contribution in [0.2, 0.25) is 5.02 Å². The van der Waals surface area contributed by atoms with Gasteiger partial charge >= 0.3 is 6.18 Å². The maximum absolute atomic E-state index is 13.1. The third-order valence-electron chi connectivity index (χ3n) is 4.45. The number of aryl methyl sites for hydroxylation is 1. The minimum atomic E-state index is -4.57. The Morgan fingerprint density at radius 1 is 1.27 bits per heavy atom. The van der Waals surface area contributed by atoms with Crippen molar-refractivity contribution in [1.29, 1.82) is 0 Å². The fourth-order valence-corrected chi connectivity index (χ4v) is 3.30. The predicted molar refractivity (Wildman–Crippen MR) is 109 cm³/mol. The molecule has 0 saturated heterocycles. The maximum atomic E-state index is 13.1. The number of benzene rings is 2. The topological polar surface area (TPSA) is 51.7 Å². The van der Waals surface area contributed by atoms with Crippen molar-refractivity contribution in [1.82, 2.24) is 5.16 Å². The van der Waals surface area contributed by atoms with Crippen LogP contribution in [0.5, 0.6) is 5.75 Å². The molecule has 0 amide bonds. The molecule has 5 nitrogen and oxygen atoms in total. The number of anilines is 1. The number of alkyl halides is 3. The van der Waals surface area contributed by atoms with E-state index in [1.165, 1.54) is 12.1 Å². The van der Waals surface area contributed by atoms with Crippen molar-refractivity contribution >= 4 is 33.9 Å². The molecule has 30 heavy (non-hydrogen) atoms. The molecule has 3 rings (SSSR count). The van der Waals surface area contributed by atoms with Gasteiger partial charge in [-0.25, -0.2) is 4.85 Å². The summed E-state index contributed by atoms with van der Waals surface area (Å²) in [5.74, 6) is 0.494. The lowest BCUT2D eigenvalue weighted by atomic mass is 10.0. The van der Waals surface area contributed by atoms with Gasteiger partial charge in [0.2, 0.25) is 0 Å². The second kappa shape index (κ2) is 9.26. The van der Waals surface area contributed by atoms with E-state index in [4.69, 9.17) is 27.4 Å². The lowest BCUT2D eigenvalue weighted by Crippen LogP contribution is -2.08. The van der Waals surface area contributed by atoms with Gasteiger partial charge in [0.05, 0.1) is 29.3 Å². The van der Waals surface area contributed by atoms with E-state index in [1.807, 2.05) is 6.92 Å². The Kier molecular flexibility index (Phi) is 6.73. The van der Waals surface area contributed by atoms with Gasteiger partial charge in [-0.1, -0.05) is 36.2 Å². The molecule has 2 aromatic carbocycles. The van der Waals surface area contributed by atoms with Crippen molar-refractivity contribution in [2.24, 2.45) is 0 Å². The first-order chi connectivity index (χ1) is 14.3. The van der Waals surface area contributed by atoms with Crippen LogP contribution in [0.4, 0.5) is 24.5 Å². The zero-order valence-corrected chi connectivity index (χ0v) is 16.9. The number of fused-ring (bicyclic) bond motifs is 1. The van der Waals surface area contributed by atoms with Crippen LogP contribution in [-0.4, -0.2) is 18.3 Å². The standard InChI is InChI=1S/C21H19ClF3N3O2/c1-3-5-14-18(9-7-15-19(14)30-28-20(15)21(23,24)25)29-11-4-10-27-17-8-6-13(26-2)12-16(17)22/h6-9,12,27H,3-5,10-11H2,1H3. The fourth-order valence-electron chi connectivity index (χ4n) is 3.06. The number of ether oxygens (including phenoxy) is 1. The van der Waals surface area contributed by atoms with E-state index in [9.17, 15) is 13.2 Å². The molecule has 9 heteroatoms. The highest BCUT2D eigenvalue weighted by Crippen LogP contribution is 2.38.